The van der Waals surface area contributed by atoms with E-state index in [1.54, 1.807) is 6.08 Å². The minimum atomic E-state index is 0.849. The third-order valence-electron chi connectivity index (χ3n) is 3.42. The smallest absolute Gasteiger partial charge is 0.125 e. The van der Waals surface area contributed by atoms with Crippen LogP contribution in [-0.2, 0) is 4.74 Å². The lowest BCUT2D eigenvalue weighted by atomic mass is 10.1. The fourth-order valence-corrected chi connectivity index (χ4v) is 2.17. The topological polar surface area (TPSA) is 37.4 Å². The maximum atomic E-state index is 5.33. The number of nitrogens with one attached hydrogen (secondary N) is 1. The molecular formula is C16H23N3O. The summed E-state index contributed by atoms with van der Waals surface area (Å²) in [6, 6.07) is 4.11. The number of hydrogen-bond donors (Lipinski definition) is 1. The normalized spacial score (nSPS) is 16.9. The van der Waals surface area contributed by atoms with Gasteiger partial charge in [-0.2, -0.15) is 0 Å². The van der Waals surface area contributed by atoms with Gasteiger partial charge in [-0.05, 0) is 30.2 Å². The molecule has 2 heterocycles. The van der Waals surface area contributed by atoms with Crippen LogP contribution in [0.2, 0.25) is 0 Å². The van der Waals surface area contributed by atoms with Gasteiger partial charge in [-0.1, -0.05) is 18.7 Å². The Morgan fingerprint density at radius 1 is 1.45 bits per heavy atom. The Morgan fingerprint density at radius 2 is 2.25 bits per heavy atom. The fraction of sp³-hybridized carbons (Fsp3) is 0.438. The van der Waals surface area contributed by atoms with E-state index in [-0.39, 0.29) is 0 Å². The Labute approximate surface area is 121 Å². The third kappa shape index (κ3) is 4.47. The van der Waals surface area contributed by atoms with E-state index in [0.29, 0.717) is 0 Å². The van der Waals surface area contributed by atoms with E-state index in [1.807, 2.05) is 18.3 Å². The van der Waals surface area contributed by atoms with Gasteiger partial charge in [0.2, 0.25) is 0 Å². The van der Waals surface area contributed by atoms with Crippen LogP contribution in [0.3, 0.4) is 0 Å². The molecule has 108 valence electrons. The molecule has 1 N–H and O–H groups in total. The largest absolute Gasteiger partial charge is 0.379 e. The van der Waals surface area contributed by atoms with E-state index in [1.165, 1.54) is 5.57 Å². The summed E-state index contributed by atoms with van der Waals surface area (Å²) in [6.45, 7) is 11.5. The number of rotatable bonds is 6. The second-order valence-corrected chi connectivity index (χ2v) is 4.90. The molecule has 1 aromatic rings. The number of pyridine rings is 1. The van der Waals surface area contributed by atoms with E-state index in [4.69, 9.17) is 4.74 Å². The van der Waals surface area contributed by atoms with Crippen LogP contribution in [-0.4, -0.2) is 49.3 Å². The van der Waals surface area contributed by atoms with E-state index in [9.17, 15) is 0 Å². The highest BCUT2D eigenvalue weighted by Gasteiger charge is 2.09. The fourth-order valence-electron chi connectivity index (χ4n) is 2.17. The van der Waals surface area contributed by atoms with Crippen LogP contribution in [0.15, 0.2) is 37.1 Å². The van der Waals surface area contributed by atoms with Crippen molar-refractivity contribution in [2.75, 3.05) is 44.7 Å². The predicted molar refractivity (Wildman–Crippen MR) is 83.8 cm³/mol. The van der Waals surface area contributed by atoms with Gasteiger partial charge in [-0.25, -0.2) is 4.98 Å². The Hall–Kier alpha value is -1.65. The molecule has 1 aliphatic heterocycles. The SMILES string of the molecule is C=C/C=C(\C)c1ccc(NCCN2CCOCC2)nc1. The molecule has 0 bridgehead atoms. The summed E-state index contributed by atoms with van der Waals surface area (Å²) < 4.78 is 5.33. The first kappa shape index (κ1) is 14.8. The molecular weight excluding hydrogens is 250 g/mol. The number of aromatic nitrogens is 1. The van der Waals surface area contributed by atoms with Crippen molar-refractivity contribution >= 4 is 11.4 Å². The molecule has 4 nitrogen and oxygen atoms in total. The Bertz CT molecular complexity index is 447. The highest BCUT2D eigenvalue weighted by Crippen LogP contribution is 2.14. The number of ether oxygens (including phenoxy) is 1. The zero-order valence-electron chi connectivity index (χ0n) is 12.1. The van der Waals surface area contributed by atoms with Gasteiger partial charge in [0.25, 0.3) is 0 Å². The van der Waals surface area contributed by atoms with E-state index >= 15 is 0 Å². The van der Waals surface area contributed by atoms with Gasteiger partial charge in [-0.3, -0.25) is 4.90 Å². The highest BCUT2D eigenvalue weighted by molar-refractivity contribution is 5.65. The van der Waals surface area contributed by atoms with Crippen LogP contribution in [0, 0.1) is 0 Å². The number of hydrogen-bond acceptors (Lipinski definition) is 4. The van der Waals surface area contributed by atoms with Gasteiger partial charge in [0, 0.05) is 32.4 Å². The Morgan fingerprint density at radius 3 is 2.90 bits per heavy atom. The molecule has 1 aromatic heterocycles. The van der Waals surface area contributed by atoms with Crippen LogP contribution < -0.4 is 5.32 Å². The monoisotopic (exact) mass is 273 g/mol. The van der Waals surface area contributed by atoms with Crippen LogP contribution in [0.4, 0.5) is 5.82 Å². The van der Waals surface area contributed by atoms with Gasteiger partial charge < -0.3 is 10.1 Å². The highest BCUT2D eigenvalue weighted by atomic mass is 16.5. The van der Waals surface area contributed by atoms with Crippen LogP contribution >= 0.6 is 0 Å². The first-order valence-corrected chi connectivity index (χ1v) is 7.09. The maximum Gasteiger partial charge on any atom is 0.125 e. The molecule has 0 amide bonds. The van der Waals surface area contributed by atoms with Crippen molar-refractivity contribution in [2.45, 2.75) is 6.92 Å². The predicted octanol–water partition coefficient (Wildman–Crippen LogP) is 2.42. The Kier molecular flexibility index (Phi) is 5.77. The summed E-state index contributed by atoms with van der Waals surface area (Å²) in [7, 11) is 0. The summed E-state index contributed by atoms with van der Waals surface area (Å²) in [5, 5.41) is 3.36. The lowest BCUT2D eigenvalue weighted by Crippen LogP contribution is -2.39. The number of morpholine rings is 1. The van der Waals surface area contributed by atoms with Crippen molar-refractivity contribution in [1.82, 2.24) is 9.88 Å². The van der Waals surface area contributed by atoms with Crippen LogP contribution in [0.1, 0.15) is 12.5 Å². The quantitative estimate of drug-likeness (QED) is 0.808. The maximum absolute atomic E-state index is 5.33. The van der Waals surface area contributed by atoms with Gasteiger partial charge in [-0.15, -0.1) is 0 Å². The second-order valence-electron chi connectivity index (χ2n) is 4.90. The van der Waals surface area contributed by atoms with Gasteiger partial charge >= 0.3 is 0 Å². The lowest BCUT2D eigenvalue weighted by molar-refractivity contribution is 0.0398. The molecule has 0 aliphatic carbocycles. The Balaban J connectivity index is 1.78. The molecule has 1 fully saturated rings. The number of allylic oxidation sites excluding steroid dienone is 3. The van der Waals surface area contributed by atoms with Gasteiger partial charge in [0.1, 0.15) is 5.82 Å². The van der Waals surface area contributed by atoms with Crippen molar-refractivity contribution in [3.05, 3.63) is 42.6 Å². The average Bonchev–Trinajstić information content (AvgIpc) is 2.49. The van der Waals surface area contributed by atoms with Crippen molar-refractivity contribution in [3.63, 3.8) is 0 Å². The van der Waals surface area contributed by atoms with Crippen molar-refractivity contribution in [3.8, 4) is 0 Å². The molecule has 1 aliphatic rings. The molecule has 4 heteroatoms. The van der Waals surface area contributed by atoms with Crippen LogP contribution in [0.25, 0.3) is 5.57 Å². The summed E-state index contributed by atoms with van der Waals surface area (Å²) >= 11 is 0. The number of nitrogens with zero attached hydrogens (tertiary/aromatic N) is 2. The van der Waals surface area contributed by atoms with Crippen molar-refractivity contribution in [1.29, 1.82) is 0 Å². The molecule has 0 radical (unpaired) electrons. The molecule has 0 spiro atoms. The second kappa shape index (κ2) is 7.82. The molecule has 0 atom stereocenters. The zero-order valence-corrected chi connectivity index (χ0v) is 12.1. The van der Waals surface area contributed by atoms with E-state index < -0.39 is 0 Å². The molecule has 0 aromatic carbocycles. The van der Waals surface area contributed by atoms with Crippen molar-refractivity contribution in [2.24, 2.45) is 0 Å². The first-order valence-electron chi connectivity index (χ1n) is 7.09. The number of anilines is 1. The molecule has 1 saturated heterocycles. The van der Waals surface area contributed by atoms with E-state index in [2.05, 4.69) is 34.8 Å². The average molecular weight is 273 g/mol. The van der Waals surface area contributed by atoms with E-state index in [0.717, 1.165) is 50.8 Å². The molecule has 20 heavy (non-hydrogen) atoms. The van der Waals surface area contributed by atoms with Gasteiger partial charge in [0.05, 0.1) is 13.2 Å². The zero-order chi connectivity index (χ0) is 14.2. The molecule has 0 unspecified atom stereocenters. The summed E-state index contributed by atoms with van der Waals surface area (Å²) in [5.74, 6) is 0.924. The minimum absolute atomic E-state index is 0.849. The molecule has 2 rings (SSSR count). The third-order valence-corrected chi connectivity index (χ3v) is 3.42. The standard InChI is InChI=1S/C16H23N3O/c1-3-4-14(2)15-5-6-16(18-13-15)17-7-8-19-9-11-20-12-10-19/h3-6,13H,1,7-12H2,2H3,(H,17,18)/b14-4+. The molecule has 0 saturated carbocycles. The van der Waals surface area contributed by atoms with Gasteiger partial charge in [0.15, 0.2) is 0 Å². The first-order chi connectivity index (χ1) is 9.79. The lowest BCUT2D eigenvalue weighted by Gasteiger charge is -2.26. The van der Waals surface area contributed by atoms with Crippen LogP contribution in [0.5, 0.6) is 0 Å². The van der Waals surface area contributed by atoms with Crippen molar-refractivity contribution < 1.29 is 4.74 Å². The summed E-state index contributed by atoms with van der Waals surface area (Å²) in [4.78, 5) is 6.84. The minimum Gasteiger partial charge on any atom is -0.379 e. The summed E-state index contributed by atoms with van der Waals surface area (Å²) in [5.41, 5.74) is 2.30. The summed E-state index contributed by atoms with van der Waals surface area (Å²) in [6.07, 6.45) is 5.68.